The standard InChI is InChI=1S/C30H31Cl2N3O6S2/c1-41-30(38)17-13-19(42-16-17)15-33-28(36)26-20-7-3-4-8-21(20)29(37)35(27(26)22-12-11-18(31)14-23(22)32)25-10-6-5-9-24(25)34-43(2,39)40/h3-4,7-8,11-14,16,24-27,34H,5-6,9-10,15H2,1-2H3,(H,33,36)/p+1/t24-,25?,26+,27-/m0/s1. The summed E-state index contributed by atoms with van der Waals surface area (Å²) < 4.78 is 32.3. The number of benzene rings is 2. The second-order valence-electron chi connectivity index (χ2n) is 10.9. The van der Waals surface area contributed by atoms with Crippen molar-refractivity contribution in [1.82, 2.24) is 10.0 Å². The van der Waals surface area contributed by atoms with Gasteiger partial charge in [-0.2, -0.15) is 0 Å². The molecule has 1 fully saturated rings. The zero-order chi connectivity index (χ0) is 30.9. The van der Waals surface area contributed by atoms with E-state index in [1.807, 2.05) is 0 Å². The SMILES string of the molecule is COC(=O)c1csc(CNC(=O)[C@@H]2c3ccccc3C(=O)[NH+](C3CCCC[C@@H]3NS(C)(=O)=O)[C@H]2c2ccc(Cl)cc2Cl)c1. The van der Waals surface area contributed by atoms with Gasteiger partial charge in [0.25, 0.3) is 0 Å². The molecule has 1 aliphatic heterocycles. The zero-order valence-electron chi connectivity index (χ0n) is 23.6. The maximum atomic E-state index is 14.4. The molecule has 5 rings (SSSR count). The van der Waals surface area contributed by atoms with Crippen LogP contribution in [0.4, 0.5) is 0 Å². The van der Waals surface area contributed by atoms with Gasteiger partial charge in [0.2, 0.25) is 15.9 Å². The van der Waals surface area contributed by atoms with Crippen molar-refractivity contribution >= 4 is 62.3 Å². The van der Waals surface area contributed by atoms with Crippen LogP contribution in [0.5, 0.6) is 0 Å². The minimum atomic E-state index is -3.57. The number of sulfonamides is 1. The Hall–Kier alpha value is -2.80. The molecule has 2 heterocycles. The fourth-order valence-electron chi connectivity index (χ4n) is 6.32. The van der Waals surface area contributed by atoms with Crippen molar-refractivity contribution in [2.45, 2.75) is 56.3 Å². The van der Waals surface area contributed by atoms with E-state index in [1.54, 1.807) is 53.9 Å². The Morgan fingerprint density at radius 2 is 1.81 bits per heavy atom. The van der Waals surface area contributed by atoms with Crippen molar-refractivity contribution in [2.24, 2.45) is 0 Å². The minimum absolute atomic E-state index is 0.158. The Labute approximate surface area is 264 Å². The number of hydrogen-bond acceptors (Lipinski definition) is 7. The molecule has 43 heavy (non-hydrogen) atoms. The molecular formula is C30H32Cl2N3O6S2+. The fourth-order valence-corrected chi connectivity index (χ4v) is 8.48. The Bertz CT molecular complexity index is 1660. The highest BCUT2D eigenvalue weighted by atomic mass is 35.5. The van der Waals surface area contributed by atoms with Gasteiger partial charge < -0.3 is 10.1 Å². The summed E-state index contributed by atoms with van der Waals surface area (Å²) >= 11 is 14.4. The fraction of sp³-hybridized carbons (Fsp3) is 0.367. The highest BCUT2D eigenvalue weighted by Crippen LogP contribution is 2.39. The largest absolute Gasteiger partial charge is 0.465 e. The van der Waals surface area contributed by atoms with Crippen molar-refractivity contribution in [1.29, 1.82) is 0 Å². The number of rotatable bonds is 8. The van der Waals surface area contributed by atoms with Crippen molar-refractivity contribution in [3.05, 3.63) is 91.1 Å². The smallest absolute Gasteiger partial charge is 0.345 e. The highest BCUT2D eigenvalue weighted by Gasteiger charge is 2.53. The number of carbonyl (C=O) groups is 3. The number of methoxy groups -OCH3 is 1. The molecule has 0 radical (unpaired) electrons. The monoisotopic (exact) mass is 664 g/mol. The van der Waals surface area contributed by atoms with E-state index >= 15 is 0 Å². The summed E-state index contributed by atoms with van der Waals surface area (Å²) in [5.41, 5.74) is 1.94. The molecule has 2 aliphatic rings. The number of hydrogen-bond donors (Lipinski definition) is 3. The van der Waals surface area contributed by atoms with Gasteiger partial charge in [0.05, 0.1) is 42.1 Å². The Morgan fingerprint density at radius 1 is 1.07 bits per heavy atom. The first kappa shape index (κ1) is 31.6. The van der Waals surface area contributed by atoms with E-state index in [0.717, 1.165) is 24.0 Å². The molecule has 0 spiro atoms. The first-order valence-corrected chi connectivity index (χ1v) is 17.4. The van der Waals surface area contributed by atoms with E-state index in [0.29, 0.717) is 50.0 Å². The maximum Gasteiger partial charge on any atom is 0.345 e. The molecule has 3 aromatic rings. The van der Waals surface area contributed by atoms with E-state index in [1.165, 1.54) is 18.4 Å². The average molecular weight is 666 g/mol. The molecule has 5 atom stereocenters. The first-order valence-electron chi connectivity index (χ1n) is 13.8. The summed E-state index contributed by atoms with van der Waals surface area (Å²) in [5, 5.41) is 5.40. The lowest BCUT2D eigenvalue weighted by Crippen LogP contribution is -3.21. The summed E-state index contributed by atoms with van der Waals surface area (Å²) in [6, 6.07) is 12.0. The molecule has 2 unspecified atom stereocenters. The van der Waals surface area contributed by atoms with Gasteiger partial charge in [-0.3, -0.25) is 9.69 Å². The van der Waals surface area contributed by atoms with Gasteiger partial charge in [0.15, 0.2) is 0 Å². The van der Waals surface area contributed by atoms with E-state index in [2.05, 4.69) is 10.0 Å². The molecule has 2 amide bonds. The summed E-state index contributed by atoms with van der Waals surface area (Å²) in [7, 11) is -2.27. The van der Waals surface area contributed by atoms with Gasteiger partial charge in [-0.05, 0) is 42.7 Å². The summed E-state index contributed by atoms with van der Waals surface area (Å²) in [5.74, 6) is -1.85. The predicted molar refractivity (Wildman–Crippen MR) is 165 cm³/mol. The van der Waals surface area contributed by atoms with Crippen LogP contribution >= 0.6 is 34.5 Å². The predicted octanol–water partition coefficient (Wildman–Crippen LogP) is 3.88. The third kappa shape index (κ3) is 6.82. The van der Waals surface area contributed by atoms with Gasteiger partial charge in [0, 0.05) is 27.3 Å². The van der Waals surface area contributed by atoms with Crippen LogP contribution in [-0.4, -0.2) is 51.7 Å². The summed E-state index contributed by atoms with van der Waals surface area (Å²) in [4.78, 5) is 41.8. The molecule has 3 N–H and O–H groups in total. The number of carbonyl (C=O) groups excluding carboxylic acids is 3. The highest BCUT2D eigenvalue weighted by molar-refractivity contribution is 7.88. The molecule has 0 bridgehead atoms. The topological polar surface area (TPSA) is 123 Å². The minimum Gasteiger partial charge on any atom is -0.465 e. The summed E-state index contributed by atoms with van der Waals surface area (Å²) in [6.45, 7) is 0.158. The summed E-state index contributed by atoms with van der Waals surface area (Å²) in [6.07, 6.45) is 3.88. The molecule has 1 aliphatic carbocycles. The van der Waals surface area contributed by atoms with Gasteiger partial charge in [-0.25, -0.2) is 22.7 Å². The number of nitrogens with one attached hydrogen (secondary N) is 3. The Kier molecular flexibility index (Phi) is 9.60. The number of esters is 1. The number of quaternary nitrogens is 1. The normalized spacial score (nSPS) is 23.8. The van der Waals surface area contributed by atoms with Crippen LogP contribution in [0, 0.1) is 0 Å². The number of halogens is 2. The number of ether oxygens (including phenoxy) is 1. The number of thiophene rings is 1. The van der Waals surface area contributed by atoms with E-state index in [-0.39, 0.29) is 18.4 Å². The molecule has 1 aromatic heterocycles. The second kappa shape index (κ2) is 13.1. The molecule has 1 saturated carbocycles. The third-order valence-corrected chi connectivity index (χ3v) is 10.3. The molecule has 228 valence electrons. The van der Waals surface area contributed by atoms with Crippen LogP contribution in [0.25, 0.3) is 0 Å². The van der Waals surface area contributed by atoms with E-state index < -0.39 is 40.0 Å². The van der Waals surface area contributed by atoms with Crippen LogP contribution in [0.2, 0.25) is 10.0 Å². The number of fused-ring (bicyclic) bond motifs is 1. The van der Waals surface area contributed by atoms with Gasteiger partial charge in [-0.1, -0.05) is 53.9 Å². The van der Waals surface area contributed by atoms with Gasteiger partial charge in [0.1, 0.15) is 18.0 Å². The average Bonchev–Trinajstić information content (AvgIpc) is 3.44. The van der Waals surface area contributed by atoms with Crippen molar-refractivity contribution in [3.63, 3.8) is 0 Å². The van der Waals surface area contributed by atoms with Crippen molar-refractivity contribution < 1.29 is 32.4 Å². The van der Waals surface area contributed by atoms with Crippen molar-refractivity contribution in [2.75, 3.05) is 13.4 Å². The van der Waals surface area contributed by atoms with Gasteiger partial charge >= 0.3 is 11.9 Å². The maximum absolute atomic E-state index is 14.4. The lowest BCUT2D eigenvalue weighted by atomic mass is 9.76. The van der Waals surface area contributed by atoms with Crippen LogP contribution < -0.4 is 14.9 Å². The second-order valence-corrected chi connectivity index (χ2v) is 14.5. The van der Waals surface area contributed by atoms with E-state index in [9.17, 15) is 22.8 Å². The third-order valence-electron chi connectivity index (χ3n) is 8.09. The molecule has 9 nitrogen and oxygen atoms in total. The Morgan fingerprint density at radius 3 is 2.53 bits per heavy atom. The van der Waals surface area contributed by atoms with Crippen LogP contribution in [0.1, 0.15) is 74.4 Å². The molecular weight excluding hydrogens is 633 g/mol. The number of amides is 2. The first-order chi connectivity index (χ1) is 20.5. The van der Waals surface area contributed by atoms with Crippen molar-refractivity contribution in [3.8, 4) is 0 Å². The lowest BCUT2D eigenvalue weighted by Gasteiger charge is -2.44. The van der Waals surface area contributed by atoms with Crippen LogP contribution in [0.3, 0.4) is 0 Å². The van der Waals surface area contributed by atoms with E-state index in [4.69, 9.17) is 27.9 Å². The quantitative estimate of drug-likeness (QED) is 0.314. The molecule has 2 aromatic carbocycles. The molecule has 0 saturated heterocycles. The van der Waals surface area contributed by atoms with Crippen LogP contribution in [0.15, 0.2) is 53.9 Å². The van der Waals surface area contributed by atoms with Crippen LogP contribution in [-0.2, 0) is 26.1 Å². The van der Waals surface area contributed by atoms with Gasteiger partial charge in [-0.15, -0.1) is 11.3 Å². The molecule has 13 heteroatoms. The zero-order valence-corrected chi connectivity index (χ0v) is 26.7. The lowest BCUT2D eigenvalue weighted by molar-refractivity contribution is -0.881. The Balaban J connectivity index is 1.60.